The summed E-state index contributed by atoms with van der Waals surface area (Å²) in [6, 6.07) is 0.193. The minimum absolute atomic E-state index is 0.193. The van der Waals surface area contributed by atoms with Crippen molar-refractivity contribution in [1.29, 1.82) is 0 Å². The third kappa shape index (κ3) is 3.12. The molecule has 1 unspecified atom stereocenters. The van der Waals surface area contributed by atoms with Crippen LogP contribution in [-0.4, -0.2) is 35.7 Å². The van der Waals surface area contributed by atoms with Crippen molar-refractivity contribution < 1.29 is 5.11 Å². The van der Waals surface area contributed by atoms with Gasteiger partial charge in [-0.05, 0) is 32.9 Å². The molecule has 0 spiro atoms. The lowest BCUT2D eigenvalue weighted by Crippen LogP contribution is -2.39. The number of aliphatic hydroxyl groups is 1. The first kappa shape index (κ1) is 10.7. The van der Waals surface area contributed by atoms with Gasteiger partial charge in [0.2, 0.25) is 0 Å². The molecule has 0 aromatic rings. The van der Waals surface area contributed by atoms with E-state index in [1.54, 1.807) is 0 Å². The zero-order chi connectivity index (χ0) is 9.68. The van der Waals surface area contributed by atoms with Gasteiger partial charge >= 0.3 is 0 Å². The molecule has 0 radical (unpaired) electrons. The molecule has 0 amide bonds. The lowest BCUT2D eigenvalue weighted by atomic mass is 10.1. The summed E-state index contributed by atoms with van der Waals surface area (Å²) in [5.74, 6) is 0. The predicted octanol–water partition coefficient (Wildman–Crippen LogP) is 1.80. The normalized spacial score (nSPS) is 22.3. The van der Waals surface area contributed by atoms with Gasteiger partial charge in [-0.3, -0.25) is 4.90 Å². The summed E-state index contributed by atoms with van der Waals surface area (Å²) in [5.41, 5.74) is 1.09. The van der Waals surface area contributed by atoms with E-state index in [0.29, 0.717) is 0 Å². The molecular weight excluding hydrogens is 162 g/mol. The van der Waals surface area contributed by atoms with Gasteiger partial charge in [0.25, 0.3) is 0 Å². The molecule has 0 aliphatic carbocycles. The fraction of sp³-hybridized carbons (Fsp3) is 0.818. The molecule has 1 saturated heterocycles. The minimum Gasteiger partial charge on any atom is -0.394 e. The second kappa shape index (κ2) is 5.40. The van der Waals surface area contributed by atoms with Gasteiger partial charge in [0.15, 0.2) is 0 Å². The van der Waals surface area contributed by atoms with Gasteiger partial charge in [-0.2, -0.15) is 0 Å². The first-order valence-electron chi connectivity index (χ1n) is 5.26. The lowest BCUT2D eigenvalue weighted by Gasteiger charge is -2.29. The summed E-state index contributed by atoms with van der Waals surface area (Å²) in [4.78, 5) is 2.37. The van der Waals surface area contributed by atoms with Crippen molar-refractivity contribution in [3.63, 3.8) is 0 Å². The Kier molecular flexibility index (Phi) is 4.46. The SMILES string of the molecule is C=C(C)C(CO)N1CCCCCC1. The summed E-state index contributed by atoms with van der Waals surface area (Å²) in [6.45, 7) is 8.40. The number of hydrogen-bond acceptors (Lipinski definition) is 2. The summed E-state index contributed by atoms with van der Waals surface area (Å²) in [5, 5.41) is 9.24. The summed E-state index contributed by atoms with van der Waals surface area (Å²) in [6.07, 6.45) is 5.21. The molecule has 0 saturated carbocycles. The first-order valence-corrected chi connectivity index (χ1v) is 5.26. The van der Waals surface area contributed by atoms with E-state index < -0.39 is 0 Å². The Morgan fingerprint density at radius 2 is 1.85 bits per heavy atom. The quantitative estimate of drug-likeness (QED) is 0.674. The highest BCUT2D eigenvalue weighted by molar-refractivity contribution is 5.02. The van der Waals surface area contributed by atoms with Gasteiger partial charge in [-0.15, -0.1) is 0 Å². The van der Waals surface area contributed by atoms with Gasteiger partial charge in [-0.1, -0.05) is 25.0 Å². The van der Waals surface area contributed by atoms with Crippen molar-refractivity contribution in [2.75, 3.05) is 19.7 Å². The molecule has 1 rings (SSSR count). The topological polar surface area (TPSA) is 23.5 Å². The zero-order valence-corrected chi connectivity index (χ0v) is 8.63. The van der Waals surface area contributed by atoms with Gasteiger partial charge in [0, 0.05) is 0 Å². The van der Waals surface area contributed by atoms with Crippen LogP contribution in [0, 0.1) is 0 Å². The Morgan fingerprint density at radius 3 is 2.23 bits per heavy atom. The van der Waals surface area contributed by atoms with E-state index in [1.165, 1.54) is 25.7 Å². The smallest absolute Gasteiger partial charge is 0.0625 e. The molecule has 1 aliphatic heterocycles. The Morgan fingerprint density at radius 1 is 1.31 bits per heavy atom. The minimum atomic E-state index is 0.193. The molecule has 0 bridgehead atoms. The number of hydrogen-bond donors (Lipinski definition) is 1. The largest absolute Gasteiger partial charge is 0.394 e. The third-order valence-corrected chi connectivity index (χ3v) is 2.82. The first-order chi connectivity index (χ1) is 6.25. The average molecular weight is 183 g/mol. The van der Waals surface area contributed by atoms with E-state index in [2.05, 4.69) is 11.5 Å². The molecule has 1 N–H and O–H groups in total. The predicted molar refractivity (Wildman–Crippen MR) is 55.7 cm³/mol. The Balaban J connectivity index is 2.50. The standard InChI is InChI=1S/C11H21NO/c1-10(2)11(9-13)12-7-5-3-4-6-8-12/h11,13H,1,3-9H2,2H3. The highest BCUT2D eigenvalue weighted by Crippen LogP contribution is 2.15. The second-order valence-electron chi connectivity index (χ2n) is 3.99. The van der Waals surface area contributed by atoms with Crippen LogP contribution < -0.4 is 0 Å². The molecule has 13 heavy (non-hydrogen) atoms. The van der Waals surface area contributed by atoms with Crippen LogP contribution in [0.1, 0.15) is 32.6 Å². The molecule has 1 atom stereocenters. The van der Waals surface area contributed by atoms with Gasteiger partial charge < -0.3 is 5.11 Å². The van der Waals surface area contributed by atoms with Crippen molar-refractivity contribution in [3.8, 4) is 0 Å². The highest BCUT2D eigenvalue weighted by Gasteiger charge is 2.18. The maximum atomic E-state index is 9.24. The van der Waals surface area contributed by atoms with Crippen molar-refractivity contribution in [3.05, 3.63) is 12.2 Å². The van der Waals surface area contributed by atoms with Gasteiger partial charge in [-0.25, -0.2) is 0 Å². The average Bonchev–Trinajstić information content (AvgIpc) is 2.33. The van der Waals surface area contributed by atoms with Crippen molar-refractivity contribution >= 4 is 0 Å². The van der Waals surface area contributed by atoms with Crippen LogP contribution in [0.3, 0.4) is 0 Å². The van der Waals surface area contributed by atoms with E-state index >= 15 is 0 Å². The molecule has 1 fully saturated rings. The Labute approximate surface area is 81.2 Å². The van der Waals surface area contributed by atoms with Crippen LogP contribution in [0.5, 0.6) is 0 Å². The van der Waals surface area contributed by atoms with Crippen LogP contribution in [-0.2, 0) is 0 Å². The maximum absolute atomic E-state index is 9.24. The Bertz CT molecular complexity index is 159. The molecule has 0 aromatic heterocycles. The third-order valence-electron chi connectivity index (χ3n) is 2.82. The lowest BCUT2D eigenvalue weighted by molar-refractivity contribution is 0.149. The molecule has 2 heteroatoms. The van der Waals surface area contributed by atoms with Crippen molar-refractivity contribution in [2.45, 2.75) is 38.6 Å². The van der Waals surface area contributed by atoms with E-state index in [1.807, 2.05) is 6.92 Å². The molecule has 1 heterocycles. The van der Waals surface area contributed by atoms with Crippen LogP contribution in [0.4, 0.5) is 0 Å². The number of rotatable bonds is 3. The van der Waals surface area contributed by atoms with E-state index in [9.17, 15) is 5.11 Å². The number of aliphatic hydroxyl groups excluding tert-OH is 1. The van der Waals surface area contributed by atoms with Crippen LogP contribution >= 0.6 is 0 Å². The summed E-state index contributed by atoms with van der Waals surface area (Å²) in [7, 11) is 0. The van der Waals surface area contributed by atoms with E-state index in [-0.39, 0.29) is 12.6 Å². The molecule has 1 aliphatic rings. The fourth-order valence-electron chi connectivity index (χ4n) is 1.99. The second-order valence-corrected chi connectivity index (χ2v) is 3.99. The summed E-state index contributed by atoms with van der Waals surface area (Å²) >= 11 is 0. The van der Waals surface area contributed by atoms with E-state index in [0.717, 1.165) is 18.7 Å². The fourth-order valence-corrected chi connectivity index (χ4v) is 1.99. The summed E-state index contributed by atoms with van der Waals surface area (Å²) < 4.78 is 0. The molecular formula is C11H21NO. The number of likely N-dealkylation sites (tertiary alicyclic amines) is 1. The van der Waals surface area contributed by atoms with Crippen LogP contribution in [0.15, 0.2) is 12.2 Å². The van der Waals surface area contributed by atoms with Gasteiger partial charge in [0.1, 0.15) is 0 Å². The monoisotopic (exact) mass is 183 g/mol. The van der Waals surface area contributed by atoms with Crippen molar-refractivity contribution in [2.24, 2.45) is 0 Å². The van der Waals surface area contributed by atoms with Crippen molar-refractivity contribution in [1.82, 2.24) is 4.90 Å². The van der Waals surface area contributed by atoms with Gasteiger partial charge in [0.05, 0.1) is 12.6 Å². The zero-order valence-electron chi connectivity index (χ0n) is 8.63. The molecule has 0 aromatic carbocycles. The van der Waals surface area contributed by atoms with E-state index in [4.69, 9.17) is 0 Å². The maximum Gasteiger partial charge on any atom is 0.0625 e. The highest BCUT2D eigenvalue weighted by atomic mass is 16.3. The van der Waals surface area contributed by atoms with Crippen LogP contribution in [0.25, 0.3) is 0 Å². The molecule has 76 valence electrons. The van der Waals surface area contributed by atoms with Crippen LogP contribution in [0.2, 0.25) is 0 Å². The number of nitrogens with zero attached hydrogens (tertiary/aromatic N) is 1. The Hall–Kier alpha value is -0.340. The molecule has 2 nitrogen and oxygen atoms in total.